The second kappa shape index (κ2) is 5.21. The molecule has 1 heterocycles. The zero-order chi connectivity index (χ0) is 14.0. The van der Waals surface area contributed by atoms with Gasteiger partial charge in [0.15, 0.2) is 0 Å². The van der Waals surface area contributed by atoms with E-state index < -0.39 is 11.7 Å². The molecule has 0 atom stereocenters. The third kappa shape index (κ3) is 3.07. The zero-order valence-electron chi connectivity index (χ0n) is 10.1. The first kappa shape index (κ1) is 13.9. The zero-order valence-corrected chi connectivity index (χ0v) is 10.9. The molecule has 100 valence electrons. The maximum atomic E-state index is 12.5. The number of rotatable bonds is 2. The average Bonchev–Trinajstić information content (AvgIpc) is 2.37. The summed E-state index contributed by atoms with van der Waals surface area (Å²) in [4.78, 5) is 3.84. The van der Waals surface area contributed by atoms with E-state index in [1.165, 1.54) is 0 Å². The summed E-state index contributed by atoms with van der Waals surface area (Å²) in [5.74, 6) is 0. The Morgan fingerprint density at radius 2 is 1.95 bits per heavy atom. The minimum Gasteiger partial charge on any atom is -0.254 e. The molecular weight excluding hydrogens is 275 g/mol. The van der Waals surface area contributed by atoms with Gasteiger partial charge in [0.25, 0.3) is 0 Å². The maximum Gasteiger partial charge on any atom is 0.417 e. The molecule has 0 bridgehead atoms. The van der Waals surface area contributed by atoms with E-state index in [0.717, 1.165) is 29.8 Å². The van der Waals surface area contributed by atoms with E-state index in [4.69, 9.17) is 11.6 Å². The van der Waals surface area contributed by atoms with E-state index in [2.05, 4.69) is 4.98 Å². The summed E-state index contributed by atoms with van der Waals surface area (Å²) >= 11 is 5.90. The van der Waals surface area contributed by atoms with Gasteiger partial charge in [-0.2, -0.15) is 13.2 Å². The first-order valence-corrected chi connectivity index (χ1v) is 6.11. The van der Waals surface area contributed by atoms with E-state index in [1.54, 1.807) is 6.07 Å². The van der Waals surface area contributed by atoms with Crippen LogP contribution in [0.4, 0.5) is 13.2 Å². The Bertz CT molecular complexity index is 593. The van der Waals surface area contributed by atoms with Crippen LogP contribution in [0.15, 0.2) is 36.5 Å². The van der Waals surface area contributed by atoms with Crippen molar-refractivity contribution in [2.24, 2.45) is 0 Å². The fourth-order valence-electron chi connectivity index (χ4n) is 1.74. The lowest BCUT2D eigenvalue weighted by atomic mass is 10.1. The van der Waals surface area contributed by atoms with E-state index in [1.807, 2.05) is 25.1 Å². The molecule has 0 aliphatic rings. The number of aromatic nitrogens is 1. The van der Waals surface area contributed by atoms with Crippen molar-refractivity contribution in [3.05, 3.63) is 52.7 Å². The van der Waals surface area contributed by atoms with Gasteiger partial charge in [-0.25, -0.2) is 0 Å². The van der Waals surface area contributed by atoms with Crippen LogP contribution in [0.1, 0.15) is 18.1 Å². The van der Waals surface area contributed by atoms with Crippen molar-refractivity contribution in [1.29, 1.82) is 0 Å². The molecule has 1 aromatic heterocycles. The summed E-state index contributed by atoms with van der Waals surface area (Å²) in [7, 11) is 0. The largest absolute Gasteiger partial charge is 0.417 e. The molecule has 1 aromatic carbocycles. The van der Waals surface area contributed by atoms with Crippen molar-refractivity contribution in [3.8, 4) is 11.3 Å². The molecule has 19 heavy (non-hydrogen) atoms. The highest BCUT2D eigenvalue weighted by atomic mass is 35.5. The third-order valence-electron chi connectivity index (χ3n) is 2.78. The first-order valence-electron chi connectivity index (χ1n) is 5.74. The van der Waals surface area contributed by atoms with Crippen LogP contribution in [-0.2, 0) is 12.6 Å². The molecule has 2 aromatic rings. The van der Waals surface area contributed by atoms with Crippen LogP contribution >= 0.6 is 11.6 Å². The summed E-state index contributed by atoms with van der Waals surface area (Å²) in [5.41, 5.74) is 1.33. The quantitative estimate of drug-likeness (QED) is 0.758. The van der Waals surface area contributed by atoms with E-state index in [0.29, 0.717) is 5.69 Å². The molecule has 1 nitrogen and oxygen atoms in total. The monoisotopic (exact) mass is 285 g/mol. The summed E-state index contributed by atoms with van der Waals surface area (Å²) in [6.07, 6.45) is -2.79. The first-order chi connectivity index (χ1) is 8.91. The van der Waals surface area contributed by atoms with Gasteiger partial charge < -0.3 is 0 Å². The number of pyridine rings is 1. The highest BCUT2D eigenvalue weighted by Gasteiger charge is 2.31. The van der Waals surface area contributed by atoms with Crippen molar-refractivity contribution in [1.82, 2.24) is 4.98 Å². The van der Waals surface area contributed by atoms with E-state index in [-0.39, 0.29) is 5.02 Å². The van der Waals surface area contributed by atoms with Crippen LogP contribution in [0.2, 0.25) is 5.02 Å². The molecule has 0 amide bonds. The molecule has 0 spiro atoms. The lowest BCUT2D eigenvalue weighted by Gasteiger charge is -2.09. The SMILES string of the molecule is CCc1cccc(-c2ncc(C(F)(F)F)cc2Cl)c1. The molecule has 0 N–H and O–H groups in total. The van der Waals surface area contributed by atoms with E-state index in [9.17, 15) is 13.2 Å². The molecule has 0 saturated heterocycles. The smallest absolute Gasteiger partial charge is 0.254 e. The summed E-state index contributed by atoms with van der Waals surface area (Å²) in [6.45, 7) is 2.00. The van der Waals surface area contributed by atoms with Crippen LogP contribution in [-0.4, -0.2) is 4.98 Å². The third-order valence-corrected chi connectivity index (χ3v) is 3.07. The Balaban J connectivity index is 2.46. The van der Waals surface area contributed by atoms with Gasteiger partial charge in [0.1, 0.15) is 0 Å². The minimum absolute atomic E-state index is 0.00285. The Kier molecular flexibility index (Phi) is 3.80. The predicted octanol–water partition coefficient (Wildman–Crippen LogP) is 4.98. The van der Waals surface area contributed by atoms with Crippen molar-refractivity contribution < 1.29 is 13.2 Å². The lowest BCUT2D eigenvalue weighted by molar-refractivity contribution is -0.137. The van der Waals surface area contributed by atoms with Gasteiger partial charge in [0, 0.05) is 11.8 Å². The van der Waals surface area contributed by atoms with Crippen LogP contribution in [0.25, 0.3) is 11.3 Å². The highest BCUT2D eigenvalue weighted by Crippen LogP contribution is 2.34. The number of hydrogen-bond acceptors (Lipinski definition) is 1. The Labute approximate surface area is 114 Å². The summed E-state index contributed by atoms with van der Waals surface area (Å²) < 4.78 is 37.6. The normalized spacial score (nSPS) is 11.6. The molecule has 5 heteroatoms. The fraction of sp³-hybridized carbons (Fsp3) is 0.214. The van der Waals surface area contributed by atoms with Gasteiger partial charge in [-0.05, 0) is 24.1 Å². The topological polar surface area (TPSA) is 12.9 Å². The Morgan fingerprint density at radius 3 is 2.53 bits per heavy atom. The predicted molar refractivity (Wildman–Crippen MR) is 69.1 cm³/mol. The van der Waals surface area contributed by atoms with Crippen LogP contribution in [0.5, 0.6) is 0 Å². The van der Waals surface area contributed by atoms with Gasteiger partial charge >= 0.3 is 6.18 Å². The molecule has 2 rings (SSSR count). The van der Waals surface area contributed by atoms with Crippen molar-refractivity contribution >= 4 is 11.6 Å². The molecule has 0 fully saturated rings. The lowest BCUT2D eigenvalue weighted by Crippen LogP contribution is -2.05. The van der Waals surface area contributed by atoms with Gasteiger partial charge in [-0.1, -0.05) is 36.7 Å². The number of halogens is 4. The van der Waals surface area contributed by atoms with Crippen LogP contribution < -0.4 is 0 Å². The molecule has 0 saturated carbocycles. The summed E-state index contributed by atoms with van der Waals surface area (Å²) in [6, 6.07) is 8.34. The number of nitrogens with zero attached hydrogens (tertiary/aromatic N) is 1. The number of alkyl halides is 3. The number of benzene rings is 1. The van der Waals surface area contributed by atoms with Crippen LogP contribution in [0, 0.1) is 0 Å². The number of hydrogen-bond donors (Lipinski definition) is 0. The van der Waals surface area contributed by atoms with E-state index >= 15 is 0 Å². The maximum absolute atomic E-state index is 12.5. The van der Waals surface area contributed by atoms with Crippen molar-refractivity contribution in [3.63, 3.8) is 0 Å². The van der Waals surface area contributed by atoms with Crippen molar-refractivity contribution in [2.75, 3.05) is 0 Å². The minimum atomic E-state index is -4.43. The van der Waals surface area contributed by atoms with Gasteiger partial charge in [0.05, 0.1) is 16.3 Å². The van der Waals surface area contributed by atoms with Gasteiger partial charge in [-0.3, -0.25) is 4.98 Å². The van der Waals surface area contributed by atoms with Gasteiger partial charge in [-0.15, -0.1) is 0 Å². The standard InChI is InChI=1S/C14H11ClF3N/c1-2-9-4-3-5-10(6-9)13-12(15)7-11(8-19-13)14(16,17)18/h3-8H,2H2,1H3. The van der Waals surface area contributed by atoms with Crippen molar-refractivity contribution in [2.45, 2.75) is 19.5 Å². The highest BCUT2D eigenvalue weighted by molar-refractivity contribution is 6.33. The molecule has 0 unspecified atom stereocenters. The summed E-state index contributed by atoms with van der Waals surface area (Å²) in [5, 5.41) is 0.00285. The second-order valence-electron chi connectivity index (χ2n) is 4.11. The second-order valence-corrected chi connectivity index (χ2v) is 4.51. The molecule has 0 aliphatic heterocycles. The van der Waals surface area contributed by atoms with Crippen LogP contribution in [0.3, 0.4) is 0 Å². The average molecular weight is 286 g/mol. The number of aryl methyl sites for hydroxylation is 1. The Morgan fingerprint density at radius 1 is 1.21 bits per heavy atom. The molecule has 0 radical (unpaired) electrons. The molecular formula is C14H11ClF3N. The molecule has 0 aliphatic carbocycles. The van der Waals surface area contributed by atoms with Gasteiger partial charge in [0.2, 0.25) is 0 Å². The Hall–Kier alpha value is -1.55. The fourth-order valence-corrected chi connectivity index (χ4v) is 2.02.